The van der Waals surface area contributed by atoms with E-state index in [9.17, 15) is 8.78 Å². The largest absolute Gasteiger partial charge is 0.396 e. The van der Waals surface area contributed by atoms with E-state index in [4.69, 9.17) is 10.8 Å². The maximum absolute atomic E-state index is 13.1. The number of rotatable bonds is 2. The molecule has 1 rings (SSSR count). The lowest BCUT2D eigenvalue weighted by Gasteiger charge is -2.11. The van der Waals surface area contributed by atoms with E-state index in [1.807, 2.05) is 0 Å². The van der Waals surface area contributed by atoms with Gasteiger partial charge in [-0.25, -0.2) is 8.78 Å². The summed E-state index contributed by atoms with van der Waals surface area (Å²) in [5, 5.41) is 9.06. The number of hydrogen-bond donors (Lipinski definition) is 2. The first kappa shape index (κ1) is 9.88. The van der Waals surface area contributed by atoms with Crippen LogP contribution in [-0.2, 0) is 4.74 Å². The number of aliphatic hydroxyl groups excluding tert-OH is 1. The molecule has 13 heavy (non-hydrogen) atoms. The third kappa shape index (κ3) is 1.76. The van der Waals surface area contributed by atoms with Gasteiger partial charge in [0.15, 0.2) is 12.1 Å². The number of ether oxygens (including phenoxy) is 1. The minimum absolute atomic E-state index is 0.229. The minimum atomic E-state index is -1.64. The summed E-state index contributed by atoms with van der Waals surface area (Å²) in [4.78, 5) is 0. The number of halogens is 2. The predicted octanol–water partition coefficient (Wildman–Crippen LogP) is 1.18. The molecule has 1 unspecified atom stereocenters. The lowest BCUT2D eigenvalue weighted by atomic mass is 10.1. The molecule has 1 aromatic rings. The van der Waals surface area contributed by atoms with Crippen molar-refractivity contribution >= 4 is 5.69 Å². The summed E-state index contributed by atoms with van der Waals surface area (Å²) in [6.45, 7) is 0. The van der Waals surface area contributed by atoms with E-state index in [1.165, 1.54) is 0 Å². The predicted molar refractivity (Wildman–Crippen MR) is 42.7 cm³/mol. The summed E-state index contributed by atoms with van der Waals surface area (Å²) < 4.78 is 30.4. The Kier molecular flexibility index (Phi) is 2.79. The molecule has 3 N–H and O–H groups in total. The lowest BCUT2D eigenvalue weighted by Crippen LogP contribution is -2.08. The summed E-state index contributed by atoms with van der Waals surface area (Å²) in [6.07, 6.45) is -1.64. The zero-order valence-electron chi connectivity index (χ0n) is 6.92. The van der Waals surface area contributed by atoms with Crippen LogP contribution in [0.3, 0.4) is 0 Å². The van der Waals surface area contributed by atoms with Gasteiger partial charge in [0, 0.05) is 7.11 Å². The molecule has 0 amide bonds. The van der Waals surface area contributed by atoms with Gasteiger partial charge in [0.2, 0.25) is 0 Å². The van der Waals surface area contributed by atoms with E-state index >= 15 is 0 Å². The Morgan fingerprint density at radius 2 is 2.08 bits per heavy atom. The normalized spacial score (nSPS) is 12.9. The quantitative estimate of drug-likeness (QED) is 0.542. The van der Waals surface area contributed by atoms with E-state index in [0.717, 1.165) is 19.2 Å². The van der Waals surface area contributed by atoms with Crippen LogP contribution in [0.5, 0.6) is 0 Å². The Bertz CT molecular complexity index is 317. The zero-order valence-corrected chi connectivity index (χ0v) is 6.92. The van der Waals surface area contributed by atoms with Crippen molar-refractivity contribution < 1.29 is 18.6 Å². The number of hydrogen-bond acceptors (Lipinski definition) is 3. The number of anilines is 1. The second kappa shape index (κ2) is 3.68. The highest BCUT2D eigenvalue weighted by atomic mass is 19.1. The van der Waals surface area contributed by atoms with Crippen LogP contribution >= 0.6 is 0 Å². The highest BCUT2D eigenvalue weighted by Gasteiger charge is 2.19. The maximum Gasteiger partial charge on any atom is 0.186 e. The number of benzene rings is 1. The second-order valence-electron chi connectivity index (χ2n) is 2.45. The highest BCUT2D eigenvalue weighted by Crippen LogP contribution is 2.24. The van der Waals surface area contributed by atoms with Crippen LogP contribution in [0.2, 0.25) is 0 Å². The van der Waals surface area contributed by atoms with Crippen molar-refractivity contribution in [2.45, 2.75) is 6.29 Å². The Morgan fingerprint density at radius 1 is 1.46 bits per heavy atom. The smallest absolute Gasteiger partial charge is 0.186 e. The lowest BCUT2D eigenvalue weighted by molar-refractivity contribution is -0.0811. The number of nitrogen functional groups attached to an aromatic ring is 1. The molecular weight excluding hydrogens is 180 g/mol. The van der Waals surface area contributed by atoms with Gasteiger partial charge in [0.25, 0.3) is 0 Å². The topological polar surface area (TPSA) is 55.5 Å². The van der Waals surface area contributed by atoms with Crippen molar-refractivity contribution in [2.24, 2.45) is 0 Å². The van der Waals surface area contributed by atoms with Gasteiger partial charge >= 0.3 is 0 Å². The first-order chi connectivity index (χ1) is 6.07. The highest BCUT2D eigenvalue weighted by molar-refractivity contribution is 5.43. The second-order valence-corrected chi connectivity index (χ2v) is 2.45. The van der Waals surface area contributed by atoms with Gasteiger partial charge in [-0.2, -0.15) is 0 Å². The SMILES string of the molecule is COC(O)c1c(F)ccc(N)c1F. The molecule has 0 bridgehead atoms. The van der Waals surface area contributed by atoms with Crippen molar-refractivity contribution in [1.82, 2.24) is 0 Å². The molecule has 0 aliphatic rings. The third-order valence-electron chi connectivity index (χ3n) is 1.63. The van der Waals surface area contributed by atoms with Gasteiger partial charge in [-0.3, -0.25) is 0 Å². The Hall–Kier alpha value is -1.20. The molecule has 3 nitrogen and oxygen atoms in total. The average molecular weight is 189 g/mol. The number of aliphatic hydroxyl groups is 1. The average Bonchev–Trinajstić information content (AvgIpc) is 2.12. The van der Waals surface area contributed by atoms with Gasteiger partial charge in [-0.15, -0.1) is 0 Å². The van der Waals surface area contributed by atoms with Crippen LogP contribution in [-0.4, -0.2) is 12.2 Å². The minimum Gasteiger partial charge on any atom is -0.396 e. The van der Waals surface area contributed by atoms with E-state index in [-0.39, 0.29) is 5.69 Å². The van der Waals surface area contributed by atoms with E-state index in [2.05, 4.69) is 4.74 Å². The maximum atomic E-state index is 13.1. The number of nitrogens with two attached hydrogens (primary N) is 1. The Labute approximate surface area is 73.7 Å². The molecular formula is C8H9F2NO2. The van der Waals surface area contributed by atoms with Crippen LogP contribution in [0.1, 0.15) is 11.9 Å². The van der Waals surface area contributed by atoms with Crippen LogP contribution < -0.4 is 5.73 Å². The van der Waals surface area contributed by atoms with Crippen LogP contribution in [0.25, 0.3) is 0 Å². The molecule has 0 spiro atoms. The zero-order chi connectivity index (χ0) is 10.0. The molecule has 5 heteroatoms. The molecule has 1 atom stereocenters. The summed E-state index contributed by atoms with van der Waals surface area (Å²) in [7, 11) is 1.13. The monoisotopic (exact) mass is 189 g/mol. The Morgan fingerprint density at radius 3 is 2.62 bits per heavy atom. The molecule has 0 saturated heterocycles. The fourth-order valence-electron chi connectivity index (χ4n) is 0.930. The van der Waals surface area contributed by atoms with Crippen LogP contribution in [0.4, 0.5) is 14.5 Å². The summed E-state index contributed by atoms with van der Waals surface area (Å²) >= 11 is 0. The first-order valence-corrected chi connectivity index (χ1v) is 3.52. The van der Waals surface area contributed by atoms with Gasteiger partial charge in [0.1, 0.15) is 5.82 Å². The van der Waals surface area contributed by atoms with E-state index < -0.39 is 23.5 Å². The fourth-order valence-corrected chi connectivity index (χ4v) is 0.930. The van der Waals surface area contributed by atoms with Crippen molar-refractivity contribution in [2.75, 3.05) is 12.8 Å². The molecule has 0 aromatic heterocycles. The van der Waals surface area contributed by atoms with E-state index in [1.54, 1.807) is 0 Å². The van der Waals surface area contributed by atoms with Crippen LogP contribution in [0.15, 0.2) is 12.1 Å². The van der Waals surface area contributed by atoms with Crippen molar-refractivity contribution in [3.63, 3.8) is 0 Å². The third-order valence-corrected chi connectivity index (χ3v) is 1.63. The summed E-state index contributed by atoms with van der Waals surface area (Å²) in [5.74, 6) is -1.88. The van der Waals surface area contributed by atoms with Crippen molar-refractivity contribution in [1.29, 1.82) is 0 Å². The molecule has 0 aliphatic heterocycles. The van der Waals surface area contributed by atoms with Crippen molar-refractivity contribution in [3.05, 3.63) is 29.3 Å². The molecule has 72 valence electrons. The van der Waals surface area contributed by atoms with E-state index in [0.29, 0.717) is 0 Å². The molecule has 0 radical (unpaired) electrons. The van der Waals surface area contributed by atoms with Gasteiger partial charge in [-0.05, 0) is 12.1 Å². The molecule has 0 aliphatic carbocycles. The van der Waals surface area contributed by atoms with Crippen LogP contribution in [0, 0.1) is 11.6 Å². The van der Waals surface area contributed by atoms with Crippen molar-refractivity contribution in [3.8, 4) is 0 Å². The Balaban J connectivity index is 3.25. The standard InChI is InChI=1S/C8H9F2NO2/c1-13-8(12)6-4(9)2-3-5(11)7(6)10/h2-3,8,12H,11H2,1H3. The van der Waals surface area contributed by atoms with Gasteiger partial charge in [-0.1, -0.05) is 0 Å². The molecule has 0 fully saturated rings. The number of methoxy groups -OCH3 is 1. The van der Waals surface area contributed by atoms with Gasteiger partial charge in [0.05, 0.1) is 11.3 Å². The fraction of sp³-hybridized carbons (Fsp3) is 0.250. The summed E-state index contributed by atoms with van der Waals surface area (Å²) in [5.41, 5.74) is 4.38. The molecule has 1 aromatic carbocycles. The molecule has 0 saturated carbocycles. The first-order valence-electron chi connectivity index (χ1n) is 3.52. The molecule has 0 heterocycles. The summed E-state index contributed by atoms with van der Waals surface area (Å²) in [6, 6.07) is 2.05. The van der Waals surface area contributed by atoms with Gasteiger partial charge < -0.3 is 15.6 Å².